The van der Waals surface area contributed by atoms with E-state index in [1.54, 1.807) is 42.3 Å². The number of aromatic amines is 2. The Bertz CT molecular complexity index is 1420. The van der Waals surface area contributed by atoms with Gasteiger partial charge >= 0.3 is 0 Å². The highest BCUT2D eigenvalue weighted by Crippen LogP contribution is 2.45. The van der Waals surface area contributed by atoms with Crippen molar-refractivity contribution in [3.63, 3.8) is 0 Å². The molecule has 0 aliphatic carbocycles. The summed E-state index contributed by atoms with van der Waals surface area (Å²) < 4.78 is 11.6. The van der Waals surface area contributed by atoms with E-state index < -0.39 is 11.5 Å². The molecule has 180 valence electrons. The Hall–Kier alpha value is -3.85. The van der Waals surface area contributed by atoms with E-state index in [4.69, 9.17) is 21.7 Å². The summed E-state index contributed by atoms with van der Waals surface area (Å²) in [6, 6.07) is 13.9. The van der Waals surface area contributed by atoms with E-state index in [2.05, 4.69) is 9.97 Å². The summed E-state index contributed by atoms with van der Waals surface area (Å²) in [5, 5.41) is 10.7. The normalized spacial score (nSPS) is 17.5. The Kier molecular flexibility index (Phi) is 6.17. The second-order valence-corrected chi connectivity index (χ2v) is 8.98. The first-order valence-electron chi connectivity index (χ1n) is 11.5. The monoisotopic (exact) mass is 491 g/mol. The number of hydrogen-bond donors (Lipinski definition) is 3. The molecule has 3 N–H and O–H groups in total. The number of amides is 1. The predicted molar refractivity (Wildman–Crippen MR) is 133 cm³/mol. The van der Waals surface area contributed by atoms with Gasteiger partial charge in [-0.3, -0.25) is 14.6 Å². The highest BCUT2D eigenvalue weighted by molar-refractivity contribution is 7.71. The number of H-pyrrole nitrogens is 2. The van der Waals surface area contributed by atoms with E-state index in [0.29, 0.717) is 35.5 Å². The molecule has 5 rings (SSSR count). The first kappa shape index (κ1) is 22.9. The van der Waals surface area contributed by atoms with Crippen molar-refractivity contribution in [2.24, 2.45) is 0 Å². The molecular formula is C26H25N3O5S. The number of para-hydroxylation sites is 1. The van der Waals surface area contributed by atoms with Gasteiger partial charge in [-0.25, -0.2) is 0 Å². The highest BCUT2D eigenvalue weighted by Gasteiger charge is 2.40. The number of phenolic OH excluding ortho intramolecular Hbond substituents is 1. The molecule has 9 heteroatoms. The predicted octanol–water partition coefficient (Wildman–Crippen LogP) is 4.09. The van der Waals surface area contributed by atoms with Crippen LogP contribution < -0.4 is 15.0 Å². The first-order valence-corrected chi connectivity index (χ1v) is 11.9. The van der Waals surface area contributed by atoms with E-state index >= 15 is 0 Å². The Labute approximate surface area is 206 Å². The van der Waals surface area contributed by atoms with Gasteiger partial charge in [0.05, 0.1) is 29.7 Å². The lowest BCUT2D eigenvalue weighted by Crippen LogP contribution is -2.40. The van der Waals surface area contributed by atoms with Gasteiger partial charge in [-0.1, -0.05) is 24.3 Å². The van der Waals surface area contributed by atoms with Crippen LogP contribution in [0.5, 0.6) is 17.4 Å². The van der Waals surface area contributed by atoms with Crippen molar-refractivity contribution in [3.05, 3.63) is 85.9 Å². The summed E-state index contributed by atoms with van der Waals surface area (Å²) in [5.74, 6) is -0.0279. The molecule has 1 saturated heterocycles. The highest BCUT2D eigenvalue weighted by atomic mass is 32.1. The fourth-order valence-corrected chi connectivity index (χ4v) is 4.92. The number of benzene rings is 2. The molecule has 35 heavy (non-hydrogen) atoms. The second kappa shape index (κ2) is 9.42. The molecule has 2 aliphatic heterocycles. The van der Waals surface area contributed by atoms with Crippen LogP contribution in [0.25, 0.3) is 5.76 Å². The molecule has 8 nitrogen and oxygen atoms in total. The average molecular weight is 492 g/mol. The van der Waals surface area contributed by atoms with Crippen molar-refractivity contribution in [3.8, 4) is 17.4 Å². The third-order valence-corrected chi connectivity index (χ3v) is 6.65. The molecule has 0 bridgehead atoms. The number of fused-ring (bicyclic) bond motifs is 1. The molecule has 1 amide bonds. The summed E-state index contributed by atoms with van der Waals surface area (Å²) in [6.45, 7) is 1.23. The van der Waals surface area contributed by atoms with Gasteiger partial charge in [0.2, 0.25) is 5.88 Å². The Morgan fingerprint density at radius 2 is 1.80 bits per heavy atom. The number of nitrogens with one attached hydrogen (secondary N) is 2. The molecule has 3 heterocycles. The average Bonchev–Trinajstić information content (AvgIpc) is 2.88. The minimum atomic E-state index is -0.760. The van der Waals surface area contributed by atoms with Gasteiger partial charge in [0.15, 0.2) is 4.77 Å². The van der Waals surface area contributed by atoms with Gasteiger partial charge in [-0.05, 0) is 61.3 Å². The van der Waals surface area contributed by atoms with E-state index in [-0.39, 0.29) is 33.6 Å². The van der Waals surface area contributed by atoms with Crippen LogP contribution in [0.4, 0.5) is 0 Å². The Morgan fingerprint density at radius 3 is 2.49 bits per heavy atom. The van der Waals surface area contributed by atoms with E-state index in [9.17, 15) is 14.7 Å². The number of methoxy groups -OCH3 is 1. The molecule has 1 fully saturated rings. The zero-order valence-corrected chi connectivity index (χ0v) is 20.0. The van der Waals surface area contributed by atoms with Crippen LogP contribution in [0.3, 0.4) is 0 Å². The lowest BCUT2D eigenvalue weighted by Gasteiger charge is -2.34. The summed E-state index contributed by atoms with van der Waals surface area (Å²) in [6.07, 6.45) is 2.87. The van der Waals surface area contributed by atoms with Gasteiger partial charge < -0.3 is 24.5 Å². The Balaban J connectivity index is 1.81. The Morgan fingerprint density at radius 1 is 1.09 bits per heavy atom. The molecule has 1 atom stereocenters. The number of hydrogen-bond acceptors (Lipinski definition) is 6. The number of rotatable bonds is 4. The number of ether oxygens (including phenoxy) is 2. The molecule has 1 aromatic heterocycles. The van der Waals surface area contributed by atoms with Crippen LogP contribution in [0.1, 0.15) is 41.9 Å². The number of likely N-dealkylation sites (tertiary alicyclic amines) is 1. The van der Waals surface area contributed by atoms with Crippen LogP contribution in [0.15, 0.2) is 58.9 Å². The largest absolute Gasteiger partial charge is 0.507 e. The fraction of sp³-hybridized carbons (Fsp3) is 0.269. The van der Waals surface area contributed by atoms with Crippen molar-refractivity contribution in [1.29, 1.82) is 0 Å². The maximum absolute atomic E-state index is 14.1. The number of piperidine rings is 1. The quantitative estimate of drug-likeness (QED) is 0.475. The van der Waals surface area contributed by atoms with Gasteiger partial charge in [0.1, 0.15) is 17.3 Å². The number of aromatic nitrogens is 2. The summed E-state index contributed by atoms with van der Waals surface area (Å²) in [4.78, 5) is 34.6. The molecule has 2 aliphatic rings. The first-order chi connectivity index (χ1) is 17.0. The SMILES string of the molecule is COc1ccc(C2C(C(=O)N3CCCCC3)=C(c3ccccc3O)Oc3[nH]c(=S)[nH]c(=O)c32)cc1. The van der Waals surface area contributed by atoms with Crippen molar-refractivity contribution in [2.45, 2.75) is 25.2 Å². The van der Waals surface area contributed by atoms with Crippen molar-refractivity contribution in [1.82, 2.24) is 14.9 Å². The standard InChI is InChI=1S/C26H25N3O5S/c1-33-16-11-9-15(10-12-16)19-20(25(32)29-13-5-2-6-14-29)22(17-7-3-4-8-18(17)30)34-24-21(19)23(31)27-26(35)28-24/h3-4,7-12,19,30H,2,5-6,13-14H2,1H3,(H2,27,28,31,35). The zero-order chi connectivity index (χ0) is 24.5. The number of aromatic hydroxyl groups is 1. The third-order valence-electron chi connectivity index (χ3n) is 6.44. The van der Waals surface area contributed by atoms with E-state index in [1.165, 1.54) is 6.07 Å². The zero-order valence-electron chi connectivity index (χ0n) is 19.2. The summed E-state index contributed by atoms with van der Waals surface area (Å²) >= 11 is 5.19. The van der Waals surface area contributed by atoms with Crippen LogP contribution in [-0.2, 0) is 4.79 Å². The number of nitrogens with zero attached hydrogens (tertiary/aromatic N) is 1. The van der Waals surface area contributed by atoms with Crippen LogP contribution in [0.2, 0.25) is 0 Å². The van der Waals surface area contributed by atoms with Crippen LogP contribution in [-0.4, -0.2) is 46.1 Å². The fourth-order valence-electron chi connectivity index (χ4n) is 4.73. The molecule has 2 aromatic carbocycles. The summed E-state index contributed by atoms with van der Waals surface area (Å²) in [5.41, 5.74) is 1.17. The van der Waals surface area contributed by atoms with Gasteiger partial charge in [-0.15, -0.1) is 0 Å². The van der Waals surface area contributed by atoms with E-state index in [0.717, 1.165) is 19.3 Å². The number of carbonyl (C=O) groups excluding carboxylic acids is 1. The van der Waals surface area contributed by atoms with Crippen LogP contribution in [0, 0.1) is 4.77 Å². The smallest absolute Gasteiger partial charge is 0.259 e. The minimum absolute atomic E-state index is 0.0354. The second-order valence-electron chi connectivity index (χ2n) is 8.57. The molecule has 0 spiro atoms. The van der Waals surface area contributed by atoms with Gasteiger partial charge in [0, 0.05) is 13.1 Å². The van der Waals surface area contributed by atoms with E-state index in [1.807, 2.05) is 12.1 Å². The number of carbonyl (C=O) groups is 1. The summed E-state index contributed by atoms with van der Waals surface area (Å²) in [7, 11) is 1.57. The van der Waals surface area contributed by atoms with Crippen molar-refractivity contribution < 1.29 is 19.4 Å². The maximum Gasteiger partial charge on any atom is 0.259 e. The topological polar surface area (TPSA) is 108 Å². The molecular weight excluding hydrogens is 466 g/mol. The lowest BCUT2D eigenvalue weighted by atomic mass is 9.81. The molecule has 1 unspecified atom stereocenters. The lowest BCUT2D eigenvalue weighted by molar-refractivity contribution is -0.128. The van der Waals surface area contributed by atoms with Gasteiger partial charge in [-0.2, -0.15) is 0 Å². The molecule has 0 saturated carbocycles. The van der Waals surface area contributed by atoms with Crippen LogP contribution >= 0.6 is 12.2 Å². The minimum Gasteiger partial charge on any atom is -0.507 e. The molecule has 0 radical (unpaired) electrons. The van der Waals surface area contributed by atoms with Crippen molar-refractivity contribution in [2.75, 3.05) is 20.2 Å². The number of phenols is 1. The van der Waals surface area contributed by atoms with Gasteiger partial charge in [0.25, 0.3) is 11.5 Å². The molecule has 3 aromatic rings. The maximum atomic E-state index is 14.1. The van der Waals surface area contributed by atoms with Crippen molar-refractivity contribution >= 4 is 23.9 Å². The third kappa shape index (κ3) is 4.23.